The van der Waals surface area contributed by atoms with E-state index in [-0.39, 0.29) is 11.8 Å². The van der Waals surface area contributed by atoms with Gasteiger partial charge in [0.15, 0.2) is 5.78 Å². The van der Waals surface area contributed by atoms with Gasteiger partial charge in [0.1, 0.15) is 0 Å². The zero-order valence-corrected chi connectivity index (χ0v) is 13.9. The third-order valence-corrected chi connectivity index (χ3v) is 4.08. The number of carbonyl (C=O) groups excluding carboxylic acids is 1. The van der Waals surface area contributed by atoms with Gasteiger partial charge in [0.2, 0.25) is 0 Å². The monoisotopic (exact) mass is 346 g/mol. The summed E-state index contributed by atoms with van der Waals surface area (Å²) in [7, 11) is 0. The van der Waals surface area contributed by atoms with Gasteiger partial charge in [0, 0.05) is 22.8 Å². The Morgan fingerprint density at radius 2 is 1.95 bits per heavy atom. The molecule has 1 heterocycles. The molecule has 21 heavy (non-hydrogen) atoms. The number of rotatable bonds is 6. The van der Waals surface area contributed by atoms with Gasteiger partial charge in [-0.1, -0.05) is 41.1 Å². The SMILES string of the molecule is CCN(Cc1ccccn1)C(C)C(=O)c1ccc(Br)cc1. The van der Waals surface area contributed by atoms with E-state index in [2.05, 4.69) is 32.7 Å². The summed E-state index contributed by atoms with van der Waals surface area (Å²) in [6, 6.07) is 13.2. The minimum atomic E-state index is -0.168. The summed E-state index contributed by atoms with van der Waals surface area (Å²) < 4.78 is 0.979. The summed E-state index contributed by atoms with van der Waals surface area (Å²) in [6.45, 7) is 5.51. The first-order valence-corrected chi connectivity index (χ1v) is 7.85. The summed E-state index contributed by atoms with van der Waals surface area (Å²) in [5, 5.41) is 0. The summed E-state index contributed by atoms with van der Waals surface area (Å²) >= 11 is 3.39. The lowest BCUT2D eigenvalue weighted by atomic mass is 10.0. The molecule has 0 radical (unpaired) electrons. The van der Waals surface area contributed by atoms with Crippen LogP contribution in [0.25, 0.3) is 0 Å². The van der Waals surface area contributed by atoms with Gasteiger partial charge in [-0.05, 0) is 37.7 Å². The Kier molecular flexibility index (Phi) is 5.65. The van der Waals surface area contributed by atoms with E-state index in [4.69, 9.17) is 0 Å². The van der Waals surface area contributed by atoms with Gasteiger partial charge >= 0.3 is 0 Å². The normalized spacial score (nSPS) is 12.4. The van der Waals surface area contributed by atoms with Gasteiger partial charge in [-0.3, -0.25) is 14.7 Å². The molecule has 0 fully saturated rings. The number of hydrogen-bond donors (Lipinski definition) is 0. The molecule has 2 aromatic rings. The second-order valence-corrected chi connectivity index (χ2v) is 5.85. The number of carbonyl (C=O) groups is 1. The molecule has 0 spiro atoms. The smallest absolute Gasteiger partial charge is 0.179 e. The van der Waals surface area contributed by atoms with E-state index in [1.807, 2.05) is 49.4 Å². The Labute approximate surface area is 134 Å². The van der Waals surface area contributed by atoms with Crippen molar-refractivity contribution in [2.45, 2.75) is 26.4 Å². The molecule has 0 saturated carbocycles. The van der Waals surface area contributed by atoms with Crippen molar-refractivity contribution < 1.29 is 4.79 Å². The van der Waals surface area contributed by atoms with Crippen LogP contribution in [0.4, 0.5) is 0 Å². The molecule has 0 aliphatic carbocycles. The highest BCUT2D eigenvalue weighted by atomic mass is 79.9. The molecular formula is C17H19BrN2O. The number of benzene rings is 1. The van der Waals surface area contributed by atoms with Gasteiger partial charge in [0.05, 0.1) is 11.7 Å². The Bertz CT molecular complexity index is 583. The van der Waals surface area contributed by atoms with Crippen molar-refractivity contribution in [3.63, 3.8) is 0 Å². The second-order valence-electron chi connectivity index (χ2n) is 4.93. The predicted molar refractivity (Wildman–Crippen MR) is 88.3 cm³/mol. The molecule has 1 aromatic carbocycles. The van der Waals surface area contributed by atoms with Crippen molar-refractivity contribution in [3.05, 3.63) is 64.4 Å². The van der Waals surface area contributed by atoms with E-state index in [1.165, 1.54) is 0 Å². The van der Waals surface area contributed by atoms with Gasteiger partial charge in [0.25, 0.3) is 0 Å². The first-order valence-electron chi connectivity index (χ1n) is 7.05. The average Bonchev–Trinajstić information content (AvgIpc) is 2.53. The quantitative estimate of drug-likeness (QED) is 0.742. The van der Waals surface area contributed by atoms with Gasteiger partial charge in [-0.2, -0.15) is 0 Å². The summed E-state index contributed by atoms with van der Waals surface area (Å²) in [5.74, 6) is 0.139. The first kappa shape index (κ1) is 15.9. The lowest BCUT2D eigenvalue weighted by Gasteiger charge is -2.26. The van der Waals surface area contributed by atoms with Crippen molar-refractivity contribution in [2.24, 2.45) is 0 Å². The van der Waals surface area contributed by atoms with E-state index in [9.17, 15) is 4.79 Å². The summed E-state index contributed by atoms with van der Waals surface area (Å²) in [6.07, 6.45) is 1.78. The van der Waals surface area contributed by atoms with E-state index < -0.39 is 0 Å². The Hall–Kier alpha value is -1.52. The van der Waals surface area contributed by atoms with Gasteiger partial charge < -0.3 is 0 Å². The van der Waals surface area contributed by atoms with Crippen molar-refractivity contribution in [1.29, 1.82) is 0 Å². The predicted octanol–water partition coefficient (Wildman–Crippen LogP) is 3.94. The standard InChI is InChI=1S/C17H19BrN2O/c1-3-20(12-16-6-4-5-11-19-16)13(2)17(21)14-7-9-15(18)10-8-14/h4-11,13H,3,12H2,1-2H3. The van der Waals surface area contributed by atoms with E-state index in [0.717, 1.165) is 22.3 Å². The minimum absolute atomic E-state index is 0.139. The highest BCUT2D eigenvalue weighted by molar-refractivity contribution is 9.10. The molecule has 2 rings (SSSR count). The van der Waals surface area contributed by atoms with Crippen LogP contribution in [0.5, 0.6) is 0 Å². The third-order valence-electron chi connectivity index (χ3n) is 3.55. The average molecular weight is 347 g/mol. The topological polar surface area (TPSA) is 33.2 Å². The van der Waals surface area contributed by atoms with Crippen LogP contribution in [0.15, 0.2) is 53.1 Å². The molecule has 0 N–H and O–H groups in total. The molecule has 0 amide bonds. The maximum absolute atomic E-state index is 12.6. The highest BCUT2D eigenvalue weighted by Crippen LogP contribution is 2.15. The molecule has 0 aliphatic rings. The number of pyridine rings is 1. The number of Topliss-reactive ketones (excluding diaryl/α,β-unsaturated/α-hetero) is 1. The molecule has 0 aliphatic heterocycles. The largest absolute Gasteiger partial charge is 0.292 e. The van der Waals surface area contributed by atoms with Crippen LogP contribution in [-0.4, -0.2) is 28.3 Å². The van der Waals surface area contributed by atoms with Crippen LogP contribution in [0, 0.1) is 0 Å². The maximum Gasteiger partial charge on any atom is 0.179 e. The number of likely N-dealkylation sites (N-methyl/N-ethyl adjacent to an activating group) is 1. The van der Waals surface area contributed by atoms with Crippen LogP contribution >= 0.6 is 15.9 Å². The fourth-order valence-corrected chi connectivity index (χ4v) is 2.51. The van der Waals surface area contributed by atoms with E-state index in [1.54, 1.807) is 6.20 Å². The van der Waals surface area contributed by atoms with Crippen LogP contribution in [0.1, 0.15) is 29.9 Å². The zero-order valence-electron chi connectivity index (χ0n) is 12.3. The maximum atomic E-state index is 12.6. The zero-order chi connectivity index (χ0) is 15.2. The van der Waals surface area contributed by atoms with E-state index in [0.29, 0.717) is 6.54 Å². The van der Waals surface area contributed by atoms with E-state index >= 15 is 0 Å². The lowest BCUT2D eigenvalue weighted by molar-refractivity contribution is 0.0834. The fraction of sp³-hybridized carbons (Fsp3) is 0.294. The van der Waals surface area contributed by atoms with Crippen molar-refractivity contribution in [3.8, 4) is 0 Å². The molecular weight excluding hydrogens is 328 g/mol. The van der Waals surface area contributed by atoms with Crippen LogP contribution in [0.3, 0.4) is 0 Å². The highest BCUT2D eigenvalue weighted by Gasteiger charge is 2.21. The van der Waals surface area contributed by atoms with Gasteiger partial charge in [-0.25, -0.2) is 0 Å². The molecule has 0 bridgehead atoms. The number of halogens is 1. The van der Waals surface area contributed by atoms with Crippen molar-refractivity contribution >= 4 is 21.7 Å². The number of hydrogen-bond acceptors (Lipinski definition) is 3. The first-order chi connectivity index (χ1) is 10.1. The Balaban J connectivity index is 2.10. The number of aromatic nitrogens is 1. The molecule has 0 saturated heterocycles. The third kappa shape index (κ3) is 4.22. The van der Waals surface area contributed by atoms with Crippen LogP contribution < -0.4 is 0 Å². The molecule has 1 aromatic heterocycles. The molecule has 3 nitrogen and oxygen atoms in total. The molecule has 1 unspecified atom stereocenters. The fourth-order valence-electron chi connectivity index (χ4n) is 2.24. The summed E-state index contributed by atoms with van der Waals surface area (Å²) in [5.41, 5.74) is 1.72. The van der Waals surface area contributed by atoms with Crippen LogP contribution in [-0.2, 0) is 6.54 Å². The number of nitrogens with zero attached hydrogens (tertiary/aromatic N) is 2. The minimum Gasteiger partial charge on any atom is -0.292 e. The molecule has 4 heteroatoms. The van der Waals surface area contributed by atoms with Crippen molar-refractivity contribution in [2.75, 3.05) is 6.54 Å². The Morgan fingerprint density at radius 3 is 2.52 bits per heavy atom. The lowest BCUT2D eigenvalue weighted by Crippen LogP contribution is -2.38. The second kappa shape index (κ2) is 7.48. The van der Waals surface area contributed by atoms with Gasteiger partial charge in [-0.15, -0.1) is 0 Å². The van der Waals surface area contributed by atoms with Crippen molar-refractivity contribution in [1.82, 2.24) is 9.88 Å². The Morgan fingerprint density at radius 1 is 1.24 bits per heavy atom. The molecule has 1 atom stereocenters. The molecule has 110 valence electrons. The van der Waals surface area contributed by atoms with Crippen LogP contribution in [0.2, 0.25) is 0 Å². The summed E-state index contributed by atoms with van der Waals surface area (Å²) in [4.78, 5) is 19.0. The number of ketones is 1.